The van der Waals surface area contributed by atoms with Gasteiger partial charge in [-0.2, -0.15) is 0 Å². The standard InChI is InChI=1S/C20H21N3O2/c1-2-25-19-8-6-18(7-9-19)20(24)22-13-16-4-3-5-17(12-16)14-23-11-10-21-15-23/h3-12,15H,2,13-14H2,1H3,(H,22,24). The van der Waals surface area contributed by atoms with Crippen LogP contribution in [0.4, 0.5) is 0 Å². The van der Waals surface area contributed by atoms with Crippen molar-refractivity contribution < 1.29 is 9.53 Å². The molecule has 5 heteroatoms. The van der Waals surface area contributed by atoms with Crippen molar-refractivity contribution in [3.63, 3.8) is 0 Å². The summed E-state index contributed by atoms with van der Waals surface area (Å²) in [6.45, 7) is 3.80. The first-order chi connectivity index (χ1) is 12.2. The van der Waals surface area contributed by atoms with Crippen LogP contribution in [0.25, 0.3) is 0 Å². The van der Waals surface area contributed by atoms with Gasteiger partial charge in [0.05, 0.1) is 12.9 Å². The van der Waals surface area contributed by atoms with Crippen molar-refractivity contribution in [1.82, 2.24) is 14.9 Å². The topological polar surface area (TPSA) is 56.1 Å². The maximum atomic E-state index is 12.3. The number of nitrogens with one attached hydrogen (secondary N) is 1. The highest BCUT2D eigenvalue weighted by Crippen LogP contribution is 2.12. The van der Waals surface area contributed by atoms with Gasteiger partial charge in [0.1, 0.15) is 5.75 Å². The first-order valence-electron chi connectivity index (χ1n) is 8.29. The zero-order valence-corrected chi connectivity index (χ0v) is 14.2. The fourth-order valence-corrected chi connectivity index (χ4v) is 2.58. The second kappa shape index (κ2) is 8.15. The minimum absolute atomic E-state index is 0.0944. The molecule has 0 atom stereocenters. The Balaban J connectivity index is 1.58. The van der Waals surface area contributed by atoms with Gasteiger partial charge < -0.3 is 14.6 Å². The molecule has 0 radical (unpaired) electrons. The molecule has 1 N–H and O–H groups in total. The molecule has 0 fully saturated rings. The average Bonchev–Trinajstić information content (AvgIpc) is 3.14. The van der Waals surface area contributed by atoms with Crippen LogP contribution in [0.3, 0.4) is 0 Å². The number of rotatable bonds is 7. The van der Waals surface area contributed by atoms with Gasteiger partial charge in [0, 0.05) is 31.0 Å². The summed E-state index contributed by atoms with van der Waals surface area (Å²) >= 11 is 0. The summed E-state index contributed by atoms with van der Waals surface area (Å²) in [6.07, 6.45) is 5.49. The monoisotopic (exact) mass is 335 g/mol. The first kappa shape index (κ1) is 16.8. The smallest absolute Gasteiger partial charge is 0.251 e. The average molecular weight is 335 g/mol. The van der Waals surface area contributed by atoms with Crippen molar-refractivity contribution in [3.8, 4) is 5.75 Å². The lowest BCUT2D eigenvalue weighted by Crippen LogP contribution is -2.22. The summed E-state index contributed by atoms with van der Waals surface area (Å²) in [4.78, 5) is 16.3. The highest BCUT2D eigenvalue weighted by atomic mass is 16.5. The fourth-order valence-electron chi connectivity index (χ4n) is 2.58. The number of imidazole rings is 1. The van der Waals surface area contributed by atoms with E-state index in [4.69, 9.17) is 4.74 Å². The number of hydrogen-bond acceptors (Lipinski definition) is 3. The molecule has 1 aromatic heterocycles. The van der Waals surface area contributed by atoms with Crippen molar-refractivity contribution in [2.24, 2.45) is 0 Å². The van der Waals surface area contributed by atoms with Crippen molar-refractivity contribution >= 4 is 5.91 Å². The summed E-state index contributed by atoms with van der Waals surface area (Å²) in [6, 6.07) is 15.3. The molecule has 0 aliphatic heterocycles. The Morgan fingerprint density at radius 2 is 1.96 bits per heavy atom. The van der Waals surface area contributed by atoms with E-state index in [1.54, 1.807) is 24.7 Å². The van der Waals surface area contributed by atoms with Crippen LogP contribution in [0, 0.1) is 0 Å². The predicted octanol–water partition coefficient (Wildman–Crippen LogP) is 3.26. The summed E-state index contributed by atoms with van der Waals surface area (Å²) < 4.78 is 7.40. The van der Waals surface area contributed by atoms with Crippen LogP contribution in [0.5, 0.6) is 5.75 Å². The van der Waals surface area contributed by atoms with Crippen LogP contribution in [0.1, 0.15) is 28.4 Å². The number of carbonyl (C=O) groups is 1. The first-order valence-corrected chi connectivity index (χ1v) is 8.29. The molecule has 0 aliphatic carbocycles. The molecule has 0 saturated carbocycles. The maximum Gasteiger partial charge on any atom is 0.251 e. The highest BCUT2D eigenvalue weighted by Gasteiger charge is 2.06. The van der Waals surface area contributed by atoms with Gasteiger partial charge in [-0.15, -0.1) is 0 Å². The number of ether oxygens (including phenoxy) is 1. The van der Waals surface area contributed by atoms with Crippen LogP contribution >= 0.6 is 0 Å². The minimum Gasteiger partial charge on any atom is -0.494 e. The molecule has 3 rings (SSSR count). The molecule has 5 nitrogen and oxygen atoms in total. The third kappa shape index (κ3) is 4.70. The number of aromatic nitrogens is 2. The molecule has 25 heavy (non-hydrogen) atoms. The van der Waals surface area contributed by atoms with Gasteiger partial charge in [0.15, 0.2) is 0 Å². The Labute approximate surface area is 147 Å². The van der Waals surface area contributed by atoms with E-state index < -0.39 is 0 Å². The van der Waals surface area contributed by atoms with E-state index in [9.17, 15) is 4.79 Å². The fraction of sp³-hybridized carbons (Fsp3) is 0.200. The number of nitrogens with zero attached hydrogens (tertiary/aromatic N) is 2. The molecule has 2 aromatic carbocycles. The van der Waals surface area contributed by atoms with E-state index in [0.717, 1.165) is 17.9 Å². The molecule has 3 aromatic rings. The van der Waals surface area contributed by atoms with Crippen LogP contribution in [0.2, 0.25) is 0 Å². The minimum atomic E-state index is -0.0944. The summed E-state index contributed by atoms with van der Waals surface area (Å²) in [5.41, 5.74) is 2.86. The highest BCUT2D eigenvalue weighted by molar-refractivity contribution is 5.94. The van der Waals surface area contributed by atoms with Crippen LogP contribution in [0.15, 0.2) is 67.3 Å². The molecule has 0 saturated heterocycles. The van der Waals surface area contributed by atoms with Gasteiger partial charge >= 0.3 is 0 Å². The second-order valence-corrected chi connectivity index (χ2v) is 5.70. The van der Waals surface area contributed by atoms with E-state index in [2.05, 4.69) is 22.4 Å². The number of amides is 1. The Morgan fingerprint density at radius 3 is 2.68 bits per heavy atom. The van der Waals surface area contributed by atoms with Crippen molar-refractivity contribution in [3.05, 3.63) is 83.9 Å². The number of carbonyl (C=O) groups excluding carboxylic acids is 1. The summed E-state index contributed by atoms with van der Waals surface area (Å²) in [5.74, 6) is 0.675. The van der Waals surface area contributed by atoms with E-state index in [1.807, 2.05) is 42.0 Å². The molecule has 0 unspecified atom stereocenters. The lowest BCUT2D eigenvalue weighted by molar-refractivity contribution is 0.0951. The van der Waals surface area contributed by atoms with Crippen LogP contribution in [-0.2, 0) is 13.1 Å². The Hall–Kier alpha value is -3.08. The SMILES string of the molecule is CCOc1ccc(C(=O)NCc2cccc(Cn3ccnc3)c2)cc1. The van der Waals surface area contributed by atoms with Crippen molar-refractivity contribution in [1.29, 1.82) is 0 Å². The van der Waals surface area contributed by atoms with Gasteiger partial charge in [0.2, 0.25) is 0 Å². The molecule has 1 heterocycles. The molecule has 0 bridgehead atoms. The quantitative estimate of drug-likeness (QED) is 0.721. The Morgan fingerprint density at radius 1 is 1.16 bits per heavy atom. The third-order valence-electron chi connectivity index (χ3n) is 3.80. The van der Waals surface area contributed by atoms with Gasteiger partial charge in [-0.3, -0.25) is 4.79 Å². The molecule has 1 amide bonds. The molecule has 0 aliphatic rings. The zero-order valence-electron chi connectivity index (χ0n) is 14.2. The van der Waals surface area contributed by atoms with Gasteiger partial charge in [-0.25, -0.2) is 4.98 Å². The van der Waals surface area contributed by atoms with Crippen LogP contribution < -0.4 is 10.1 Å². The number of benzene rings is 2. The van der Waals surface area contributed by atoms with Gasteiger partial charge in [-0.05, 0) is 42.3 Å². The summed E-state index contributed by atoms with van der Waals surface area (Å²) in [5, 5.41) is 2.95. The predicted molar refractivity (Wildman–Crippen MR) is 96.6 cm³/mol. The van der Waals surface area contributed by atoms with E-state index >= 15 is 0 Å². The molecular formula is C20H21N3O2. The van der Waals surface area contributed by atoms with Crippen molar-refractivity contribution in [2.45, 2.75) is 20.0 Å². The molecule has 128 valence electrons. The van der Waals surface area contributed by atoms with Gasteiger partial charge in [0.25, 0.3) is 5.91 Å². The largest absolute Gasteiger partial charge is 0.494 e. The maximum absolute atomic E-state index is 12.3. The third-order valence-corrected chi connectivity index (χ3v) is 3.80. The van der Waals surface area contributed by atoms with E-state index in [0.29, 0.717) is 18.7 Å². The molecule has 0 spiro atoms. The second-order valence-electron chi connectivity index (χ2n) is 5.70. The summed E-state index contributed by atoms with van der Waals surface area (Å²) in [7, 11) is 0. The number of hydrogen-bond donors (Lipinski definition) is 1. The zero-order chi connectivity index (χ0) is 17.5. The lowest BCUT2D eigenvalue weighted by atomic mass is 10.1. The Bertz CT molecular complexity index is 811. The van der Waals surface area contributed by atoms with E-state index in [-0.39, 0.29) is 5.91 Å². The molecular weight excluding hydrogens is 314 g/mol. The normalized spacial score (nSPS) is 10.4. The van der Waals surface area contributed by atoms with Gasteiger partial charge in [-0.1, -0.05) is 24.3 Å². The lowest BCUT2D eigenvalue weighted by Gasteiger charge is -2.09. The Kier molecular flexibility index (Phi) is 5.46. The van der Waals surface area contributed by atoms with Crippen molar-refractivity contribution in [2.75, 3.05) is 6.61 Å². The van der Waals surface area contributed by atoms with E-state index in [1.165, 1.54) is 5.56 Å². The van der Waals surface area contributed by atoms with Crippen LogP contribution in [-0.4, -0.2) is 22.1 Å².